The van der Waals surface area contributed by atoms with Crippen molar-refractivity contribution in [2.75, 3.05) is 32.8 Å². The van der Waals surface area contributed by atoms with Crippen LogP contribution in [0.15, 0.2) is 22.7 Å². The van der Waals surface area contributed by atoms with Crippen LogP contribution in [-0.4, -0.2) is 37.7 Å². The van der Waals surface area contributed by atoms with E-state index in [0.29, 0.717) is 6.04 Å². The van der Waals surface area contributed by atoms with Crippen molar-refractivity contribution in [2.24, 2.45) is 0 Å². The van der Waals surface area contributed by atoms with Crippen LogP contribution in [0.1, 0.15) is 44.7 Å². The summed E-state index contributed by atoms with van der Waals surface area (Å²) in [4.78, 5) is 2.53. The van der Waals surface area contributed by atoms with Crippen molar-refractivity contribution in [1.29, 1.82) is 0 Å². The number of hydrogen-bond donors (Lipinski definition) is 1. The van der Waals surface area contributed by atoms with Crippen molar-refractivity contribution in [3.05, 3.63) is 28.2 Å². The van der Waals surface area contributed by atoms with Crippen LogP contribution in [0.4, 0.5) is 0 Å². The molecule has 1 heterocycles. The number of benzene rings is 1. The number of ether oxygens (including phenoxy) is 1. The maximum Gasteiger partial charge on any atom is 0.125 e. The molecule has 21 heavy (non-hydrogen) atoms. The van der Waals surface area contributed by atoms with Crippen LogP contribution in [0.2, 0.25) is 0 Å². The number of rotatable bonds is 8. The van der Waals surface area contributed by atoms with Gasteiger partial charge in [0.1, 0.15) is 5.75 Å². The average molecular weight is 355 g/mol. The van der Waals surface area contributed by atoms with E-state index in [2.05, 4.69) is 58.2 Å². The molecule has 1 N–H and O–H groups in total. The number of nitrogens with zero attached hydrogens (tertiary/aromatic N) is 1. The summed E-state index contributed by atoms with van der Waals surface area (Å²) in [6.45, 7) is 9.76. The second-order valence-corrected chi connectivity index (χ2v) is 6.63. The van der Waals surface area contributed by atoms with E-state index in [1.807, 2.05) is 0 Å². The smallest absolute Gasteiger partial charge is 0.125 e. The lowest BCUT2D eigenvalue weighted by atomic mass is 10.1. The van der Waals surface area contributed by atoms with Gasteiger partial charge >= 0.3 is 0 Å². The largest absolute Gasteiger partial charge is 0.493 e. The molecule has 0 spiro atoms. The summed E-state index contributed by atoms with van der Waals surface area (Å²) in [7, 11) is 0. The molecule has 2 rings (SSSR count). The van der Waals surface area contributed by atoms with Gasteiger partial charge < -0.3 is 15.0 Å². The van der Waals surface area contributed by atoms with Crippen molar-refractivity contribution in [3.63, 3.8) is 0 Å². The summed E-state index contributed by atoms with van der Waals surface area (Å²) in [5, 5.41) is 3.45. The normalized spacial score (nSPS) is 17.1. The molecule has 0 saturated carbocycles. The maximum absolute atomic E-state index is 6.05. The minimum Gasteiger partial charge on any atom is -0.493 e. The minimum atomic E-state index is 0.316. The Morgan fingerprint density at radius 2 is 2.10 bits per heavy atom. The summed E-state index contributed by atoms with van der Waals surface area (Å²) in [5.74, 6) is 0.999. The Bertz CT molecular complexity index is 433. The first kappa shape index (κ1) is 16.8. The molecule has 1 unspecified atom stereocenters. The van der Waals surface area contributed by atoms with Gasteiger partial charge in [-0.1, -0.05) is 28.9 Å². The lowest BCUT2D eigenvalue weighted by Crippen LogP contribution is -2.22. The highest BCUT2D eigenvalue weighted by Gasteiger charge is 2.13. The zero-order valence-corrected chi connectivity index (χ0v) is 14.8. The van der Waals surface area contributed by atoms with Gasteiger partial charge in [0.25, 0.3) is 0 Å². The molecular weight excluding hydrogens is 328 g/mol. The zero-order chi connectivity index (χ0) is 15.1. The van der Waals surface area contributed by atoms with Crippen LogP contribution in [0, 0.1) is 0 Å². The molecule has 118 valence electrons. The molecule has 1 aliphatic heterocycles. The molecule has 1 aromatic carbocycles. The molecule has 0 aromatic heterocycles. The number of hydrogen-bond acceptors (Lipinski definition) is 3. The average Bonchev–Trinajstić information content (AvgIpc) is 2.97. The first-order valence-electron chi connectivity index (χ1n) is 8.08. The van der Waals surface area contributed by atoms with Crippen LogP contribution in [0.25, 0.3) is 0 Å². The highest BCUT2D eigenvalue weighted by molar-refractivity contribution is 9.10. The molecule has 0 aliphatic carbocycles. The number of nitrogens with one attached hydrogen (secondary N) is 1. The maximum atomic E-state index is 6.05. The molecular formula is C17H27BrN2O. The minimum absolute atomic E-state index is 0.316. The second kappa shape index (κ2) is 8.76. The van der Waals surface area contributed by atoms with Crippen LogP contribution in [0.3, 0.4) is 0 Å². The van der Waals surface area contributed by atoms with Crippen LogP contribution in [0.5, 0.6) is 5.75 Å². The molecule has 4 heteroatoms. The summed E-state index contributed by atoms with van der Waals surface area (Å²) in [6.07, 6.45) is 3.81. The Morgan fingerprint density at radius 1 is 1.33 bits per heavy atom. The van der Waals surface area contributed by atoms with E-state index in [-0.39, 0.29) is 0 Å². The van der Waals surface area contributed by atoms with Gasteiger partial charge in [0, 0.05) is 22.6 Å². The van der Waals surface area contributed by atoms with Gasteiger partial charge in [-0.3, -0.25) is 0 Å². The van der Waals surface area contributed by atoms with Gasteiger partial charge in [-0.15, -0.1) is 0 Å². The molecule has 1 aliphatic rings. The van der Waals surface area contributed by atoms with Gasteiger partial charge in [0.15, 0.2) is 0 Å². The Hall–Kier alpha value is -0.580. The standard InChI is InChI=1S/C17H27BrN2O/c1-3-19-14(2)16-8-7-15(18)13-17(16)21-12-6-11-20-9-4-5-10-20/h7-8,13-14,19H,3-6,9-12H2,1-2H3. The van der Waals surface area contributed by atoms with Crippen molar-refractivity contribution in [1.82, 2.24) is 10.2 Å². The predicted molar refractivity (Wildman–Crippen MR) is 92.0 cm³/mol. The van der Waals surface area contributed by atoms with E-state index < -0.39 is 0 Å². The zero-order valence-electron chi connectivity index (χ0n) is 13.2. The van der Waals surface area contributed by atoms with Gasteiger partial charge in [0.05, 0.1) is 6.61 Å². The SMILES string of the molecule is CCNC(C)c1ccc(Br)cc1OCCCN1CCCC1. The lowest BCUT2D eigenvalue weighted by Gasteiger charge is -2.19. The molecule has 1 atom stereocenters. The highest BCUT2D eigenvalue weighted by atomic mass is 79.9. The Morgan fingerprint density at radius 3 is 2.81 bits per heavy atom. The van der Waals surface area contributed by atoms with Crippen LogP contribution in [-0.2, 0) is 0 Å². The fraction of sp³-hybridized carbons (Fsp3) is 0.647. The molecule has 1 fully saturated rings. The Kier molecular flexibility index (Phi) is 7.00. The fourth-order valence-corrected chi connectivity index (χ4v) is 3.22. The summed E-state index contributed by atoms with van der Waals surface area (Å²) in [6, 6.07) is 6.63. The van der Waals surface area contributed by atoms with Gasteiger partial charge in [-0.25, -0.2) is 0 Å². The topological polar surface area (TPSA) is 24.5 Å². The molecule has 1 saturated heterocycles. The Labute approximate surface area is 137 Å². The van der Waals surface area contributed by atoms with Gasteiger partial charge in [0.2, 0.25) is 0 Å². The monoisotopic (exact) mass is 354 g/mol. The van der Waals surface area contributed by atoms with Gasteiger partial charge in [-0.05, 0) is 58.0 Å². The highest BCUT2D eigenvalue weighted by Crippen LogP contribution is 2.28. The molecule has 3 nitrogen and oxygen atoms in total. The lowest BCUT2D eigenvalue weighted by molar-refractivity contribution is 0.260. The molecule has 1 aromatic rings. The summed E-state index contributed by atoms with van der Waals surface area (Å²) >= 11 is 3.54. The number of likely N-dealkylation sites (tertiary alicyclic amines) is 1. The third-order valence-electron chi connectivity index (χ3n) is 4.03. The molecule has 0 bridgehead atoms. The molecule has 0 radical (unpaired) electrons. The fourth-order valence-electron chi connectivity index (χ4n) is 2.88. The van der Waals surface area contributed by atoms with Crippen LogP contribution >= 0.6 is 15.9 Å². The third kappa shape index (κ3) is 5.28. The van der Waals surface area contributed by atoms with Crippen molar-refractivity contribution in [3.8, 4) is 5.75 Å². The van der Waals surface area contributed by atoms with E-state index in [4.69, 9.17) is 4.74 Å². The van der Waals surface area contributed by atoms with Crippen molar-refractivity contribution < 1.29 is 4.74 Å². The van der Waals surface area contributed by atoms with E-state index in [1.165, 1.54) is 31.5 Å². The third-order valence-corrected chi connectivity index (χ3v) is 4.52. The van der Waals surface area contributed by atoms with Gasteiger partial charge in [-0.2, -0.15) is 0 Å². The van der Waals surface area contributed by atoms with E-state index in [9.17, 15) is 0 Å². The quantitative estimate of drug-likeness (QED) is 0.714. The second-order valence-electron chi connectivity index (χ2n) is 5.71. The van der Waals surface area contributed by atoms with Crippen molar-refractivity contribution in [2.45, 2.75) is 39.2 Å². The summed E-state index contributed by atoms with van der Waals surface area (Å²) < 4.78 is 7.12. The summed E-state index contributed by atoms with van der Waals surface area (Å²) in [5.41, 5.74) is 1.24. The predicted octanol–water partition coefficient (Wildman–Crippen LogP) is 3.98. The Balaban J connectivity index is 1.86. The number of halogens is 1. The van der Waals surface area contributed by atoms with E-state index in [1.54, 1.807) is 0 Å². The van der Waals surface area contributed by atoms with E-state index >= 15 is 0 Å². The van der Waals surface area contributed by atoms with Crippen molar-refractivity contribution >= 4 is 15.9 Å². The first-order valence-corrected chi connectivity index (χ1v) is 8.88. The first-order chi connectivity index (χ1) is 10.2. The van der Waals surface area contributed by atoms with Crippen LogP contribution < -0.4 is 10.1 Å². The van der Waals surface area contributed by atoms with E-state index in [0.717, 1.165) is 36.3 Å². The molecule has 0 amide bonds.